The van der Waals surface area contributed by atoms with Gasteiger partial charge < -0.3 is 9.47 Å². The molecule has 0 atom stereocenters. The van der Waals surface area contributed by atoms with Crippen LogP contribution in [0, 0.1) is 18.3 Å². The standard InChI is InChI=1S/C20H23NO2/c1-15-8-9-19(18(12-15)20(2,3)4)23-11-10-22-17-7-5-6-16(13-17)14-21/h5-9,12-13H,10-11H2,1-4H3. The second-order valence-electron chi connectivity index (χ2n) is 6.59. The number of aryl methyl sites for hydroxylation is 1. The fraction of sp³-hybridized carbons (Fsp3) is 0.350. The summed E-state index contributed by atoms with van der Waals surface area (Å²) in [6.07, 6.45) is 0. The molecule has 0 unspecified atom stereocenters. The van der Waals surface area contributed by atoms with E-state index in [0.717, 1.165) is 5.75 Å². The summed E-state index contributed by atoms with van der Waals surface area (Å²) in [6.45, 7) is 9.52. The highest BCUT2D eigenvalue weighted by molar-refractivity contribution is 5.41. The Labute approximate surface area is 138 Å². The van der Waals surface area contributed by atoms with Crippen LogP contribution in [0.1, 0.15) is 37.5 Å². The van der Waals surface area contributed by atoms with Gasteiger partial charge >= 0.3 is 0 Å². The lowest BCUT2D eigenvalue weighted by Crippen LogP contribution is -2.16. The van der Waals surface area contributed by atoms with Crippen LogP contribution in [0.3, 0.4) is 0 Å². The van der Waals surface area contributed by atoms with Crippen LogP contribution in [-0.4, -0.2) is 13.2 Å². The van der Waals surface area contributed by atoms with Crippen LogP contribution in [-0.2, 0) is 5.41 Å². The van der Waals surface area contributed by atoms with Crippen molar-refractivity contribution in [1.82, 2.24) is 0 Å². The summed E-state index contributed by atoms with van der Waals surface area (Å²) in [5, 5.41) is 8.88. The van der Waals surface area contributed by atoms with E-state index in [1.807, 2.05) is 18.2 Å². The highest BCUT2D eigenvalue weighted by Gasteiger charge is 2.19. The van der Waals surface area contributed by atoms with Gasteiger partial charge in [0.05, 0.1) is 11.6 Å². The molecule has 2 aromatic rings. The lowest BCUT2D eigenvalue weighted by molar-refractivity contribution is 0.214. The average Bonchev–Trinajstić information content (AvgIpc) is 2.52. The van der Waals surface area contributed by atoms with E-state index < -0.39 is 0 Å². The smallest absolute Gasteiger partial charge is 0.123 e. The van der Waals surface area contributed by atoms with Crippen molar-refractivity contribution in [1.29, 1.82) is 5.26 Å². The van der Waals surface area contributed by atoms with Crippen molar-refractivity contribution >= 4 is 0 Å². The molecule has 0 saturated carbocycles. The van der Waals surface area contributed by atoms with E-state index in [9.17, 15) is 0 Å². The van der Waals surface area contributed by atoms with Crippen LogP contribution in [0.5, 0.6) is 11.5 Å². The number of nitrogens with zero attached hydrogens (tertiary/aromatic N) is 1. The summed E-state index contributed by atoms with van der Waals surface area (Å²) in [5.74, 6) is 1.59. The first-order valence-corrected chi connectivity index (χ1v) is 7.77. The number of nitriles is 1. The van der Waals surface area contributed by atoms with Crippen molar-refractivity contribution in [3.63, 3.8) is 0 Å². The predicted molar refractivity (Wildman–Crippen MR) is 92.0 cm³/mol. The maximum Gasteiger partial charge on any atom is 0.123 e. The molecule has 3 heteroatoms. The third-order valence-electron chi connectivity index (χ3n) is 3.52. The van der Waals surface area contributed by atoms with E-state index in [-0.39, 0.29) is 5.41 Å². The zero-order chi connectivity index (χ0) is 16.9. The molecule has 0 heterocycles. The highest BCUT2D eigenvalue weighted by atomic mass is 16.5. The Morgan fingerprint density at radius 2 is 1.74 bits per heavy atom. The summed E-state index contributed by atoms with van der Waals surface area (Å²) in [6, 6.07) is 15.5. The van der Waals surface area contributed by atoms with Gasteiger partial charge in [0.15, 0.2) is 0 Å². The molecule has 2 rings (SSSR count). The van der Waals surface area contributed by atoms with E-state index >= 15 is 0 Å². The van der Waals surface area contributed by atoms with Crippen LogP contribution in [0.15, 0.2) is 42.5 Å². The average molecular weight is 309 g/mol. The normalized spacial score (nSPS) is 10.9. The largest absolute Gasteiger partial charge is 0.490 e. The van der Waals surface area contributed by atoms with Crippen molar-refractivity contribution < 1.29 is 9.47 Å². The van der Waals surface area contributed by atoms with Gasteiger partial charge in [-0.05, 0) is 42.2 Å². The van der Waals surface area contributed by atoms with Crippen LogP contribution in [0.4, 0.5) is 0 Å². The molecule has 0 N–H and O–H groups in total. The van der Waals surface area contributed by atoms with Crippen molar-refractivity contribution in [2.24, 2.45) is 0 Å². The van der Waals surface area contributed by atoms with Crippen LogP contribution in [0.25, 0.3) is 0 Å². The summed E-state index contributed by atoms with van der Waals surface area (Å²) >= 11 is 0. The van der Waals surface area contributed by atoms with Crippen LogP contribution >= 0.6 is 0 Å². The first-order valence-electron chi connectivity index (χ1n) is 7.77. The van der Waals surface area contributed by atoms with Gasteiger partial charge in [0.25, 0.3) is 0 Å². The van der Waals surface area contributed by atoms with Crippen molar-refractivity contribution in [3.8, 4) is 17.6 Å². The molecule has 0 spiro atoms. The quantitative estimate of drug-likeness (QED) is 0.757. The number of ether oxygens (including phenoxy) is 2. The number of benzene rings is 2. The first-order chi connectivity index (χ1) is 10.9. The number of hydrogen-bond donors (Lipinski definition) is 0. The third-order valence-corrected chi connectivity index (χ3v) is 3.52. The summed E-state index contributed by atoms with van der Waals surface area (Å²) in [4.78, 5) is 0. The molecule has 0 aliphatic carbocycles. The zero-order valence-corrected chi connectivity index (χ0v) is 14.2. The summed E-state index contributed by atoms with van der Waals surface area (Å²) in [7, 11) is 0. The number of rotatable bonds is 5. The molecule has 0 fully saturated rings. The van der Waals surface area contributed by atoms with Gasteiger partial charge in [-0.25, -0.2) is 0 Å². The molecule has 0 aromatic heterocycles. The van der Waals surface area contributed by atoms with E-state index in [1.165, 1.54) is 11.1 Å². The van der Waals surface area contributed by atoms with E-state index in [4.69, 9.17) is 14.7 Å². The molecule has 23 heavy (non-hydrogen) atoms. The van der Waals surface area contributed by atoms with E-state index in [2.05, 4.69) is 45.9 Å². The molecule has 0 bridgehead atoms. The molecule has 0 amide bonds. The second kappa shape index (κ2) is 7.19. The minimum atomic E-state index is 0.0311. The van der Waals surface area contributed by atoms with Gasteiger partial charge in [0, 0.05) is 0 Å². The Bertz CT molecular complexity index is 708. The van der Waals surface area contributed by atoms with Gasteiger partial charge in [-0.15, -0.1) is 0 Å². The Kier molecular flexibility index (Phi) is 5.28. The van der Waals surface area contributed by atoms with Gasteiger partial charge in [-0.3, -0.25) is 0 Å². The fourth-order valence-corrected chi connectivity index (χ4v) is 2.32. The van der Waals surface area contributed by atoms with E-state index in [0.29, 0.717) is 24.5 Å². The van der Waals surface area contributed by atoms with Gasteiger partial charge in [0.2, 0.25) is 0 Å². The Morgan fingerprint density at radius 1 is 1.00 bits per heavy atom. The SMILES string of the molecule is Cc1ccc(OCCOc2cccc(C#N)c2)c(C(C)(C)C)c1. The molecular formula is C20H23NO2. The van der Waals surface area contributed by atoms with Gasteiger partial charge in [-0.1, -0.05) is 44.5 Å². The lowest BCUT2D eigenvalue weighted by Gasteiger charge is -2.23. The molecule has 120 valence electrons. The van der Waals surface area contributed by atoms with E-state index in [1.54, 1.807) is 12.1 Å². The molecule has 0 aliphatic rings. The zero-order valence-electron chi connectivity index (χ0n) is 14.2. The molecule has 0 aliphatic heterocycles. The predicted octanol–water partition coefficient (Wildman–Crippen LogP) is 4.62. The first kappa shape index (κ1) is 16.9. The maximum atomic E-state index is 8.88. The third kappa shape index (κ3) is 4.75. The maximum absolute atomic E-state index is 8.88. The summed E-state index contributed by atoms with van der Waals surface area (Å²) < 4.78 is 11.6. The topological polar surface area (TPSA) is 42.2 Å². The Morgan fingerprint density at radius 3 is 2.43 bits per heavy atom. The fourth-order valence-electron chi connectivity index (χ4n) is 2.32. The molecule has 0 saturated heterocycles. The molecule has 3 nitrogen and oxygen atoms in total. The highest BCUT2D eigenvalue weighted by Crippen LogP contribution is 2.32. The molecule has 0 radical (unpaired) electrons. The molecule has 2 aromatic carbocycles. The Balaban J connectivity index is 1.95. The van der Waals surface area contributed by atoms with Crippen LogP contribution in [0.2, 0.25) is 0 Å². The summed E-state index contributed by atoms with van der Waals surface area (Å²) in [5.41, 5.74) is 3.05. The molecular weight excluding hydrogens is 286 g/mol. The van der Waals surface area contributed by atoms with Gasteiger partial charge in [0.1, 0.15) is 24.7 Å². The minimum Gasteiger partial charge on any atom is -0.490 e. The van der Waals surface area contributed by atoms with Crippen molar-refractivity contribution in [2.45, 2.75) is 33.1 Å². The lowest BCUT2D eigenvalue weighted by atomic mass is 9.85. The van der Waals surface area contributed by atoms with Crippen molar-refractivity contribution in [3.05, 3.63) is 59.2 Å². The number of hydrogen-bond acceptors (Lipinski definition) is 3. The second-order valence-corrected chi connectivity index (χ2v) is 6.59. The Hall–Kier alpha value is -2.47. The van der Waals surface area contributed by atoms with Crippen molar-refractivity contribution in [2.75, 3.05) is 13.2 Å². The van der Waals surface area contributed by atoms with Crippen LogP contribution < -0.4 is 9.47 Å². The minimum absolute atomic E-state index is 0.0311. The monoisotopic (exact) mass is 309 g/mol. The van der Waals surface area contributed by atoms with Gasteiger partial charge in [-0.2, -0.15) is 5.26 Å².